The first-order valence-corrected chi connectivity index (χ1v) is 9.58. The second-order valence-electron chi connectivity index (χ2n) is 7.68. The van der Waals surface area contributed by atoms with Gasteiger partial charge in [-0.05, 0) is 37.9 Å². The number of carbonyl (C=O) groups is 1. The zero-order valence-electron chi connectivity index (χ0n) is 15.9. The Bertz CT molecular complexity index is 872. The molecule has 28 heavy (non-hydrogen) atoms. The fraction of sp³-hybridized carbons (Fsp3) is 0.550. The number of carbonyl (C=O) groups excluding carboxylic acids is 1. The predicted octanol–water partition coefficient (Wildman–Crippen LogP) is 2.57. The molecular formula is C20H23NO7. The van der Waals surface area contributed by atoms with Crippen molar-refractivity contribution in [2.75, 3.05) is 27.5 Å². The lowest BCUT2D eigenvalue weighted by Crippen LogP contribution is -2.44. The van der Waals surface area contributed by atoms with Crippen LogP contribution in [0.4, 0.5) is 0 Å². The molecule has 1 aliphatic carbocycles. The van der Waals surface area contributed by atoms with Gasteiger partial charge in [0.25, 0.3) is 11.7 Å². The summed E-state index contributed by atoms with van der Waals surface area (Å²) in [6.45, 7) is 0.812. The fourth-order valence-electron chi connectivity index (χ4n) is 4.71. The molecule has 1 atom stereocenters. The normalized spacial score (nSPS) is 25.5. The van der Waals surface area contributed by atoms with E-state index in [9.17, 15) is 9.90 Å². The third kappa shape index (κ3) is 2.44. The molecule has 8 nitrogen and oxygen atoms in total. The number of aliphatic hydroxyl groups excluding tert-OH is 1. The van der Waals surface area contributed by atoms with Crippen LogP contribution in [-0.2, 0) is 20.7 Å². The van der Waals surface area contributed by atoms with Crippen molar-refractivity contribution in [2.45, 2.75) is 43.9 Å². The van der Waals surface area contributed by atoms with Gasteiger partial charge in [0.05, 0.1) is 13.2 Å². The van der Waals surface area contributed by atoms with E-state index < -0.39 is 17.8 Å². The van der Waals surface area contributed by atoms with E-state index >= 15 is 0 Å². The quantitative estimate of drug-likeness (QED) is 0.773. The highest BCUT2D eigenvalue weighted by atomic mass is 16.8. The van der Waals surface area contributed by atoms with Crippen LogP contribution >= 0.6 is 0 Å². The number of rotatable bonds is 2. The van der Waals surface area contributed by atoms with Crippen LogP contribution < -0.4 is 14.2 Å². The number of hydrogen-bond acceptors (Lipinski definition) is 8. The second kappa shape index (κ2) is 6.20. The molecule has 0 bridgehead atoms. The summed E-state index contributed by atoms with van der Waals surface area (Å²) in [6, 6.07) is 1.35. The summed E-state index contributed by atoms with van der Waals surface area (Å²) in [6.07, 6.45) is 3.74. The van der Waals surface area contributed by atoms with Gasteiger partial charge in [0.15, 0.2) is 11.5 Å². The SMILES string of the molecule is COc1c2c(cc3c1[C@H](C1=C(O)OC4(CCCC4)OC1=O)N(C)CC3)OCO2. The van der Waals surface area contributed by atoms with Crippen molar-refractivity contribution in [3.8, 4) is 17.2 Å². The Morgan fingerprint density at radius 3 is 2.75 bits per heavy atom. The van der Waals surface area contributed by atoms with Crippen LogP contribution in [0, 0.1) is 0 Å². The van der Waals surface area contributed by atoms with Crippen molar-refractivity contribution < 1.29 is 33.6 Å². The molecule has 0 aromatic heterocycles. The van der Waals surface area contributed by atoms with Gasteiger partial charge in [0, 0.05) is 24.9 Å². The highest BCUT2D eigenvalue weighted by Gasteiger charge is 2.50. The summed E-state index contributed by atoms with van der Waals surface area (Å²) in [4.78, 5) is 15.0. The molecule has 0 radical (unpaired) electrons. The molecule has 0 saturated heterocycles. The summed E-state index contributed by atoms with van der Waals surface area (Å²) in [5.74, 6) is -0.281. The van der Waals surface area contributed by atoms with E-state index in [0.29, 0.717) is 36.6 Å². The minimum absolute atomic E-state index is 0.0955. The fourth-order valence-corrected chi connectivity index (χ4v) is 4.71. The molecule has 0 unspecified atom stereocenters. The number of likely N-dealkylation sites (N-methyl/N-ethyl adjacent to an activating group) is 1. The Morgan fingerprint density at radius 1 is 1.25 bits per heavy atom. The van der Waals surface area contributed by atoms with Gasteiger partial charge < -0.3 is 28.8 Å². The van der Waals surface area contributed by atoms with E-state index in [1.165, 1.54) is 0 Å². The minimum Gasteiger partial charge on any atom is -0.492 e. The number of nitrogens with zero attached hydrogens (tertiary/aromatic N) is 1. The van der Waals surface area contributed by atoms with E-state index in [2.05, 4.69) is 0 Å². The average Bonchev–Trinajstić information content (AvgIpc) is 3.30. The molecule has 3 heterocycles. The van der Waals surface area contributed by atoms with Crippen molar-refractivity contribution in [1.29, 1.82) is 0 Å². The van der Waals surface area contributed by atoms with Crippen LogP contribution in [0.15, 0.2) is 17.6 Å². The molecule has 1 N–H and O–H groups in total. The van der Waals surface area contributed by atoms with E-state index in [4.69, 9.17) is 23.7 Å². The van der Waals surface area contributed by atoms with Crippen molar-refractivity contribution in [3.05, 3.63) is 28.7 Å². The van der Waals surface area contributed by atoms with Gasteiger partial charge in [-0.2, -0.15) is 0 Å². The van der Waals surface area contributed by atoms with Crippen molar-refractivity contribution in [3.63, 3.8) is 0 Å². The smallest absolute Gasteiger partial charge is 0.346 e. The molecule has 1 spiro atoms. The molecule has 8 heteroatoms. The molecule has 1 fully saturated rings. The monoisotopic (exact) mass is 389 g/mol. The average molecular weight is 389 g/mol. The number of methoxy groups -OCH3 is 1. The Labute approximate surface area is 162 Å². The van der Waals surface area contributed by atoms with Gasteiger partial charge in [0.2, 0.25) is 12.5 Å². The maximum atomic E-state index is 13.0. The summed E-state index contributed by atoms with van der Waals surface area (Å²) in [5.41, 5.74) is 1.85. The van der Waals surface area contributed by atoms with Crippen LogP contribution in [0.5, 0.6) is 17.2 Å². The summed E-state index contributed by atoms with van der Waals surface area (Å²) < 4.78 is 28.2. The van der Waals surface area contributed by atoms with Gasteiger partial charge in [-0.25, -0.2) is 4.79 Å². The molecule has 1 saturated carbocycles. The zero-order valence-corrected chi connectivity index (χ0v) is 15.9. The van der Waals surface area contributed by atoms with Crippen LogP contribution in [0.25, 0.3) is 0 Å². The third-order valence-electron chi connectivity index (χ3n) is 6.05. The largest absolute Gasteiger partial charge is 0.492 e. The number of hydrogen-bond donors (Lipinski definition) is 1. The highest BCUT2D eigenvalue weighted by Crippen LogP contribution is 2.52. The van der Waals surface area contributed by atoms with Crippen molar-refractivity contribution in [2.24, 2.45) is 0 Å². The predicted molar refractivity (Wildman–Crippen MR) is 96.2 cm³/mol. The van der Waals surface area contributed by atoms with Crippen LogP contribution in [-0.4, -0.2) is 49.3 Å². The number of benzene rings is 1. The van der Waals surface area contributed by atoms with Gasteiger partial charge in [-0.1, -0.05) is 0 Å². The van der Waals surface area contributed by atoms with Crippen LogP contribution in [0.2, 0.25) is 0 Å². The summed E-state index contributed by atoms with van der Waals surface area (Å²) in [5, 5.41) is 10.8. The Kier molecular flexibility index (Phi) is 3.87. The maximum absolute atomic E-state index is 13.0. The van der Waals surface area contributed by atoms with Crippen molar-refractivity contribution in [1.82, 2.24) is 4.90 Å². The van der Waals surface area contributed by atoms with E-state index in [1.54, 1.807) is 7.11 Å². The maximum Gasteiger partial charge on any atom is 0.346 e. The van der Waals surface area contributed by atoms with E-state index in [1.807, 2.05) is 18.0 Å². The van der Waals surface area contributed by atoms with Crippen molar-refractivity contribution >= 4 is 5.97 Å². The standard InChI is InChI=1S/C20H23NO7/c1-21-8-5-11-9-12-16(26-10-25-12)17(24-2)13(11)15(21)14-18(22)27-20(28-19(14)23)6-3-4-7-20/h9,15,22H,3-8,10H2,1-2H3/t15-/m1/s1. The molecule has 150 valence electrons. The molecule has 1 aromatic carbocycles. The van der Waals surface area contributed by atoms with Gasteiger partial charge in [0.1, 0.15) is 5.57 Å². The third-order valence-corrected chi connectivity index (χ3v) is 6.05. The van der Waals surface area contributed by atoms with Crippen LogP contribution in [0.1, 0.15) is 42.9 Å². The summed E-state index contributed by atoms with van der Waals surface area (Å²) >= 11 is 0. The number of ether oxygens (including phenoxy) is 5. The van der Waals surface area contributed by atoms with Gasteiger partial charge in [-0.3, -0.25) is 4.90 Å². The Morgan fingerprint density at radius 2 is 2.04 bits per heavy atom. The first-order valence-electron chi connectivity index (χ1n) is 9.58. The molecule has 3 aliphatic heterocycles. The van der Waals surface area contributed by atoms with E-state index in [0.717, 1.165) is 30.4 Å². The highest BCUT2D eigenvalue weighted by molar-refractivity contribution is 5.92. The van der Waals surface area contributed by atoms with Crippen LogP contribution in [0.3, 0.4) is 0 Å². The molecule has 0 amide bonds. The molecule has 4 aliphatic rings. The Hall–Kier alpha value is -2.61. The number of fused-ring (bicyclic) bond motifs is 2. The lowest BCUT2D eigenvalue weighted by atomic mass is 9.86. The minimum atomic E-state index is -1.03. The number of aliphatic hydroxyl groups is 1. The second-order valence-corrected chi connectivity index (χ2v) is 7.68. The Balaban J connectivity index is 1.64. The number of esters is 1. The lowest BCUT2D eigenvalue weighted by molar-refractivity contribution is -0.236. The lowest BCUT2D eigenvalue weighted by Gasteiger charge is -2.40. The molecule has 5 rings (SSSR count). The first-order chi connectivity index (χ1) is 13.5. The first kappa shape index (κ1) is 17.5. The van der Waals surface area contributed by atoms with Gasteiger partial charge >= 0.3 is 5.97 Å². The summed E-state index contributed by atoms with van der Waals surface area (Å²) in [7, 11) is 3.45. The molecular weight excluding hydrogens is 366 g/mol. The van der Waals surface area contributed by atoms with E-state index in [-0.39, 0.29) is 18.3 Å². The van der Waals surface area contributed by atoms with Gasteiger partial charge in [-0.15, -0.1) is 0 Å². The molecule has 1 aromatic rings. The topological polar surface area (TPSA) is 86.7 Å². The zero-order chi connectivity index (χ0) is 19.5.